The van der Waals surface area contributed by atoms with E-state index < -0.39 is 17.7 Å². The molecule has 22 nitrogen and oxygen atoms in total. The molecule has 11 heterocycles. The van der Waals surface area contributed by atoms with Gasteiger partial charge in [-0.05, 0) is 195 Å². The van der Waals surface area contributed by atoms with Crippen LogP contribution in [0, 0.1) is 10.7 Å². The number of benzene rings is 1. The number of pyridine rings is 5. The second-order valence-corrected chi connectivity index (χ2v) is 38.0. The van der Waals surface area contributed by atoms with Gasteiger partial charge >= 0.3 is 12.1 Å². The monoisotopic (exact) mass is 1860 g/mol. The third-order valence-electron chi connectivity index (χ3n) is 15.0. The van der Waals surface area contributed by atoms with Crippen molar-refractivity contribution in [1.29, 1.82) is 5.26 Å². The zero-order chi connectivity index (χ0) is 77.5. The number of nitriles is 1. The van der Waals surface area contributed by atoms with Crippen molar-refractivity contribution in [3.8, 4) is 5.40 Å². The zero-order valence-electron chi connectivity index (χ0n) is 61.0. The van der Waals surface area contributed by atoms with Gasteiger partial charge in [0, 0.05) is 132 Å². The molecule has 0 bridgehead atoms. The molecule has 11 N–H and O–H groups in total. The molecule has 2 aliphatic carbocycles. The Bertz CT molecular complexity index is 4110. The van der Waals surface area contributed by atoms with E-state index >= 15 is 0 Å². The number of anilines is 5. The number of piperidine rings is 1. The average molecular weight is 1870 g/mol. The van der Waals surface area contributed by atoms with E-state index in [1.807, 2.05) is 127 Å². The Morgan fingerprint density at radius 2 is 0.936 bits per heavy atom. The molecule has 3 aliphatic rings. The molecule has 35 heteroatoms. The molecule has 14 rings (SSSR count). The van der Waals surface area contributed by atoms with Crippen molar-refractivity contribution >= 4 is 203 Å². The van der Waals surface area contributed by atoms with Gasteiger partial charge in [0.1, 0.15) is 11.0 Å². The molecule has 110 heavy (non-hydrogen) atoms. The molecular formula is C75H91Br3N18O4S10. The molecular weight excluding hydrogens is 1780 g/mol. The topological polar surface area (TPSA) is 342 Å². The van der Waals surface area contributed by atoms with Crippen LogP contribution < -0.4 is 38.5 Å². The van der Waals surface area contributed by atoms with Crippen LogP contribution in [-0.4, -0.2) is 104 Å². The normalized spacial score (nSPS) is 13.7. The van der Waals surface area contributed by atoms with Crippen molar-refractivity contribution in [2.45, 2.75) is 171 Å². The summed E-state index contributed by atoms with van der Waals surface area (Å²) in [4.78, 5) is 62.7. The van der Waals surface area contributed by atoms with Gasteiger partial charge in [0.2, 0.25) is 0 Å². The molecule has 10 aromatic heterocycles. The Morgan fingerprint density at radius 3 is 1.29 bits per heavy atom. The third-order valence-corrected chi connectivity index (χ3v) is 26.4. The molecule has 3 fully saturated rings. The van der Waals surface area contributed by atoms with E-state index in [4.69, 9.17) is 32.3 Å². The van der Waals surface area contributed by atoms with Gasteiger partial charge in [0.05, 0.1) is 57.6 Å². The Kier molecular flexibility index (Phi) is 45.8. The van der Waals surface area contributed by atoms with Gasteiger partial charge in [-0.3, -0.25) is 30.2 Å². The SMILES string of the molecule is Br.BrCc1ccncc1.Brc1ncc(SCc2ccncc2)s1.CC(C)(C)OC(=O)Nc1ccc(C(=O)O)cc1.N#CSc1cnc(N)s1.NC1CCCCC1.Nc1ncc(SCc2ccncc2)s1.c1cc(CSc2cnc(NC3CCCCC3)s2)ccn1.c1cc(CSc2cnc(N[C@@H]3CCCNC3)s2)ccn1. The lowest BCUT2D eigenvalue weighted by molar-refractivity contribution is 0.0634. The van der Waals surface area contributed by atoms with Crippen molar-refractivity contribution in [2.75, 3.05) is 40.5 Å². The van der Waals surface area contributed by atoms with Crippen molar-refractivity contribution in [1.82, 2.24) is 55.2 Å². The van der Waals surface area contributed by atoms with Crippen LogP contribution in [0.2, 0.25) is 0 Å². The quantitative estimate of drug-likeness (QED) is 0.0200. The lowest BCUT2D eigenvalue weighted by atomic mass is 9.96. The number of nitrogens with zero attached hydrogens (tertiary/aromatic N) is 11. The number of carboxylic acid groups (broad SMARTS) is 1. The van der Waals surface area contributed by atoms with Crippen LogP contribution in [0.3, 0.4) is 0 Å². The van der Waals surface area contributed by atoms with Crippen LogP contribution >= 0.6 is 164 Å². The highest BCUT2D eigenvalue weighted by atomic mass is 79.9. The standard InChI is InChI=1S/C15H19N3S2.C14H18N4S2.C12H15NO4.C9H7BrN2S2.C9H9N3S2.C6H6BrN.C6H13N.C4H3N3S2.BrH/c1-2-4-13(5-3-1)18-15-17-10-14(20-15)19-11-12-6-8-16-9-7-12;1-2-12(8-16-5-1)18-14-17-9-13(20-14)19-10-11-3-6-15-7-4-11;1-12(2,3)17-11(16)13-9-6-4-8(5-7-9)10(14)15;2*10-9-12-5-8(14-9)13-6-7-1-3-11-4-2-7;7-5-6-1-3-8-4-2-6;7-6-4-2-1-3-5-6;5-2-8-3-1-7-4(6)9-3;/h6-10,13H,1-5,11H2,(H,17,18);3-4,6-7,9,12,16H,1-2,5,8,10H2,(H,17,18);4-7H,1-3H3,(H,13,16)(H,14,15);1-5H,6H2;1-5H,6H2,(H2,10,12);1-4H,5H2;6H,1-5,7H2;1H,(H2,6,7);1H/t;12-;;;;;;;/m.1......./s1. The van der Waals surface area contributed by atoms with E-state index in [0.29, 0.717) is 34.1 Å². The molecule has 0 radical (unpaired) electrons. The van der Waals surface area contributed by atoms with Crippen LogP contribution in [0.15, 0.2) is 203 Å². The molecule has 0 unspecified atom stereocenters. The molecule has 1 aliphatic heterocycles. The van der Waals surface area contributed by atoms with Crippen molar-refractivity contribution in [3.63, 3.8) is 0 Å². The Morgan fingerprint density at radius 1 is 0.545 bits per heavy atom. The summed E-state index contributed by atoms with van der Waals surface area (Å²) in [6, 6.07) is 27.8. The van der Waals surface area contributed by atoms with Gasteiger partial charge in [-0.2, -0.15) is 5.26 Å². The highest BCUT2D eigenvalue weighted by Gasteiger charge is 2.18. The number of carboxylic acids is 1. The first kappa shape index (κ1) is 92.5. The third kappa shape index (κ3) is 40.9. The molecule has 1 saturated heterocycles. The maximum atomic E-state index is 11.4. The summed E-state index contributed by atoms with van der Waals surface area (Å²) in [5, 5.41) is 36.0. The number of ether oxygens (including phenoxy) is 1. The maximum Gasteiger partial charge on any atom is 0.412 e. The summed E-state index contributed by atoms with van der Waals surface area (Å²) in [7, 11) is 0. The highest BCUT2D eigenvalue weighted by Crippen LogP contribution is 2.35. The van der Waals surface area contributed by atoms with Crippen molar-refractivity contribution in [2.24, 2.45) is 5.73 Å². The summed E-state index contributed by atoms with van der Waals surface area (Å²) < 4.78 is 11.8. The number of alkyl halides is 1. The predicted molar refractivity (Wildman–Crippen MR) is 475 cm³/mol. The van der Waals surface area contributed by atoms with E-state index in [0.717, 1.165) is 75.8 Å². The number of hydrogen-bond acceptors (Lipinski definition) is 30. The molecule has 11 aromatic rings. The van der Waals surface area contributed by atoms with Gasteiger partial charge in [-0.15, -0.1) is 75.4 Å². The van der Waals surface area contributed by atoms with Gasteiger partial charge in [-0.25, -0.2) is 34.5 Å². The van der Waals surface area contributed by atoms with E-state index in [-0.39, 0.29) is 22.5 Å². The van der Waals surface area contributed by atoms with E-state index in [1.54, 1.807) is 109 Å². The minimum absolute atomic E-state index is 0. The van der Waals surface area contributed by atoms with Crippen LogP contribution in [0.25, 0.3) is 0 Å². The lowest BCUT2D eigenvalue weighted by Gasteiger charge is -2.23. The molecule has 0 spiro atoms. The number of hydrogen-bond donors (Lipinski definition) is 8. The Labute approximate surface area is 713 Å². The summed E-state index contributed by atoms with van der Waals surface area (Å²) >= 11 is 23.0. The average Bonchev–Trinajstić information content (AvgIpc) is 1.82. The fourth-order valence-electron chi connectivity index (χ4n) is 9.62. The first-order chi connectivity index (χ1) is 52.9. The Hall–Kier alpha value is -6.34. The summed E-state index contributed by atoms with van der Waals surface area (Å²) in [5.41, 5.74) is 23.0. The number of carbonyl (C=O) groups is 2. The second kappa shape index (κ2) is 54.4. The number of thiazole rings is 5. The lowest BCUT2D eigenvalue weighted by Crippen LogP contribution is -2.38. The zero-order valence-corrected chi connectivity index (χ0v) is 74.0. The molecule has 1 atom stereocenters. The molecule has 586 valence electrons. The molecule has 2 saturated carbocycles. The van der Waals surface area contributed by atoms with Gasteiger partial charge in [-0.1, -0.05) is 99.8 Å². The number of rotatable bonds is 20. The maximum absolute atomic E-state index is 11.4. The van der Waals surface area contributed by atoms with Gasteiger partial charge in [0.15, 0.2) is 24.4 Å². The fraction of sp³-hybridized carbons (Fsp3) is 0.347. The fourth-order valence-corrected chi connectivity index (χ4v) is 19.3. The number of thioether (sulfide) groups is 5. The van der Waals surface area contributed by atoms with E-state index in [2.05, 4.69) is 127 Å². The van der Waals surface area contributed by atoms with Crippen molar-refractivity contribution in [3.05, 3.63) is 215 Å². The first-order valence-electron chi connectivity index (χ1n) is 34.8. The minimum atomic E-state index is -1.01. The van der Waals surface area contributed by atoms with Crippen molar-refractivity contribution < 1.29 is 19.4 Å². The number of aromatic carboxylic acids is 1. The number of nitrogen functional groups attached to an aromatic ring is 2. The number of thiocyanates is 1. The second-order valence-electron chi connectivity index (χ2n) is 24.8. The highest BCUT2D eigenvalue weighted by molar-refractivity contribution is 9.11. The molecule has 1 amide bonds. The van der Waals surface area contributed by atoms with Gasteiger partial charge < -0.3 is 43.0 Å². The summed E-state index contributed by atoms with van der Waals surface area (Å²) in [6.45, 7) is 7.47. The minimum Gasteiger partial charge on any atom is -0.478 e. The number of nitrogens with two attached hydrogens (primary N) is 3. The van der Waals surface area contributed by atoms with E-state index in [1.165, 1.54) is 164 Å². The summed E-state index contributed by atoms with van der Waals surface area (Å²) in [5.74, 6) is 2.85. The van der Waals surface area contributed by atoms with Crippen LogP contribution in [0.4, 0.5) is 31.0 Å². The van der Waals surface area contributed by atoms with Crippen LogP contribution in [-0.2, 0) is 33.1 Å². The largest absolute Gasteiger partial charge is 0.478 e. The number of amides is 1. The number of nitrogens with one attached hydrogen (secondary N) is 4. The number of aromatic nitrogens is 10. The number of halogens is 3. The first-order valence-corrected chi connectivity index (χ1v) is 45.5. The van der Waals surface area contributed by atoms with Crippen LogP contribution in [0.5, 0.6) is 0 Å². The predicted octanol–water partition coefficient (Wildman–Crippen LogP) is 21.4. The van der Waals surface area contributed by atoms with Crippen LogP contribution in [0.1, 0.15) is 136 Å². The smallest absolute Gasteiger partial charge is 0.412 e. The number of carbonyl (C=O) groups excluding carboxylic acids is 1. The van der Waals surface area contributed by atoms with Gasteiger partial charge in [0.25, 0.3) is 0 Å². The molecule has 1 aromatic carbocycles. The van der Waals surface area contributed by atoms with E-state index in [9.17, 15) is 9.59 Å². The Balaban J connectivity index is 0.000000200. The summed E-state index contributed by atoms with van der Waals surface area (Å²) in [6.07, 6.45) is 42.7.